The van der Waals surface area contributed by atoms with E-state index in [-0.39, 0.29) is 29.4 Å². The van der Waals surface area contributed by atoms with Crippen LogP contribution < -0.4 is 8.92 Å². The maximum atomic E-state index is 12.8. The van der Waals surface area contributed by atoms with Crippen molar-refractivity contribution in [2.45, 2.75) is 31.8 Å². The van der Waals surface area contributed by atoms with Gasteiger partial charge in [-0.3, -0.25) is 0 Å². The average molecular weight is 410 g/mol. The monoisotopic (exact) mass is 410 g/mol. The Morgan fingerprint density at radius 1 is 0.931 bits per heavy atom. The van der Waals surface area contributed by atoms with Crippen LogP contribution in [0.2, 0.25) is 0 Å². The van der Waals surface area contributed by atoms with Crippen molar-refractivity contribution in [1.82, 2.24) is 0 Å². The molecule has 0 heterocycles. The zero-order chi connectivity index (χ0) is 20.9. The molecule has 0 N–H and O–H groups in total. The summed E-state index contributed by atoms with van der Waals surface area (Å²) in [7, 11) is -4.05. The minimum Gasteiger partial charge on any atom is -0.485 e. The predicted octanol–water partition coefficient (Wildman–Crippen LogP) is 4.39. The first kappa shape index (κ1) is 20.6. The molecule has 0 spiro atoms. The fourth-order valence-corrected chi connectivity index (χ4v) is 3.97. The Morgan fingerprint density at radius 3 is 2.38 bits per heavy atom. The third-order valence-electron chi connectivity index (χ3n) is 4.45. The second kappa shape index (κ2) is 8.92. The third-order valence-corrected chi connectivity index (χ3v) is 5.68. The Bertz CT molecular complexity index is 1110. The second-order valence-corrected chi connectivity index (χ2v) is 8.23. The lowest BCUT2D eigenvalue weighted by molar-refractivity contribution is -0.107. The molecule has 0 atom stereocenters. The van der Waals surface area contributed by atoms with Crippen LogP contribution in [-0.4, -0.2) is 14.7 Å². The number of hydrogen-bond donors (Lipinski definition) is 0. The summed E-state index contributed by atoms with van der Waals surface area (Å²) in [5.41, 5.74) is 3.15. The summed E-state index contributed by atoms with van der Waals surface area (Å²) in [5.74, 6) is 0.321. The first-order chi connectivity index (χ1) is 13.9. The minimum atomic E-state index is -4.05. The molecule has 0 saturated carbocycles. The van der Waals surface area contributed by atoms with E-state index < -0.39 is 10.1 Å². The molecular weight excluding hydrogens is 388 g/mol. The molecule has 150 valence electrons. The van der Waals surface area contributed by atoms with Crippen LogP contribution in [0.4, 0.5) is 0 Å². The molecule has 0 aromatic heterocycles. The fourth-order valence-electron chi connectivity index (χ4n) is 2.93. The summed E-state index contributed by atoms with van der Waals surface area (Å²) in [6, 6.07) is 19.2. The maximum absolute atomic E-state index is 12.8. The van der Waals surface area contributed by atoms with Gasteiger partial charge in [-0.1, -0.05) is 48.5 Å². The van der Waals surface area contributed by atoms with Crippen LogP contribution in [-0.2, 0) is 27.9 Å². The third kappa shape index (κ3) is 5.03. The smallest absolute Gasteiger partial charge is 0.339 e. The maximum Gasteiger partial charge on any atom is 0.339 e. The van der Waals surface area contributed by atoms with Crippen molar-refractivity contribution in [3.8, 4) is 11.5 Å². The Morgan fingerprint density at radius 2 is 1.69 bits per heavy atom. The van der Waals surface area contributed by atoms with Gasteiger partial charge in [-0.05, 0) is 48.7 Å². The van der Waals surface area contributed by atoms with Crippen LogP contribution in [0.25, 0.3) is 0 Å². The highest BCUT2D eigenvalue weighted by molar-refractivity contribution is 7.87. The molecular formula is C23H22O5S. The Hall–Kier alpha value is -3.12. The number of carbonyl (C=O) groups excluding carboxylic acids is 1. The number of carbonyl (C=O) groups is 1. The number of rotatable bonds is 8. The zero-order valence-corrected chi connectivity index (χ0v) is 17.1. The highest BCUT2D eigenvalue weighted by Crippen LogP contribution is 2.36. The number of benzene rings is 3. The van der Waals surface area contributed by atoms with Crippen molar-refractivity contribution in [2.24, 2.45) is 0 Å². The normalized spacial score (nSPS) is 11.1. The first-order valence-corrected chi connectivity index (χ1v) is 10.6. The number of ether oxygens (including phenoxy) is 1. The van der Waals surface area contributed by atoms with Crippen molar-refractivity contribution in [1.29, 1.82) is 0 Å². The molecule has 0 aliphatic rings. The van der Waals surface area contributed by atoms with Gasteiger partial charge in [0.25, 0.3) is 0 Å². The van der Waals surface area contributed by atoms with Crippen LogP contribution >= 0.6 is 0 Å². The Balaban J connectivity index is 1.99. The van der Waals surface area contributed by atoms with Gasteiger partial charge in [0.2, 0.25) is 0 Å². The Labute approximate surface area is 171 Å². The van der Waals surface area contributed by atoms with Gasteiger partial charge < -0.3 is 13.7 Å². The topological polar surface area (TPSA) is 69.7 Å². The van der Waals surface area contributed by atoms with E-state index in [0.29, 0.717) is 5.56 Å². The van der Waals surface area contributed by atoms with Crippen molar-refractivity contribution in [3.05, 3.63) is 89.0 Å². The lowest BCUT2D eigenvalue weighted by atomic mass is 10.0. The molecule has 0 amide bonds. The standard InChI is InChI=1S/C23H22O5S/c1-17-7-6-10-20(15-17)29(25,26)28-22-12-11-18(2)21(13-14-24)23(22)27-16-19-8-4-3-5-9-19/h3-12,14-15H,13,16H2,1-2H3. The summed E-state index contributed by atoms with van der Waals surface area (Å²) in [5, 5.41) is 0. The van der Waals surface area contributed by atoms with E-state index in [2.05, 4.69) is 0 Å². The summed E-state index contributed by atoms with van der Waals surface area (Å²) in [4.78, 5) is 11.3. The summed E-state index contributed by atoms with van der Waals surface area (Å²) in [6.07, 6.45) is 0.855. The molecule has 6 heteroatoms. The molecule has 3 rings (SSSR count). The molecule has 0 bridgehead atoms. The zero-order valence-electron chi connectivity index (χ0n) is 16.3. The minimum absolute atomic E-state index is 0.0593. The van der Waals surface area contributed by atoms with Gasteiger partial charge in [0.1, 0.15) is 17.8 Å². The molecule has 3 aromatic carbocycles. The summed E-state index contributed by atoms with van der Waals surface area (Å²) < 4.78 is 37.0. The highest BCUT2D eigenvalue weighted by Gasteiger charge is 2.22. The van der Waals surface area contributed by atoms with E-state index >= 15 is 0 Å². The summed E-state index contributed by atoms with van der Waals surface area (Å²) >= 11 is 0. The van der Waals surface area contributed by atoms with E-state index in [1.54, 1.807) is 24.3 Å². The number of aldehydes is 1. The molecule has 5 nitrogen and oxygen atoms in total. The van der Waals surface area contributed by atoms with Crippen LogP contribution in [0.15, 0.2) is 71.6 Å². The van der Waals surface area contributed by atoms with Gasteiger partial charge in [-0.2, -0.15) is 8.42 Å². The lowest BCUT2D eigenvalue weighted by Gasteiger charge is -2.17. The lowest BCUT2D eigenvalue weighted by Crippen LogP contribution is -2.12. The van der Waals surface area contributed by atoms with Gasteiger partial charge in [0.05, 0.1) is 0 Å². The SMILES string of the molecule is Cc1cccc(S(=O)(=O)Oc2ccc(C)c(CC=O)c2OCc2ccccc2)c1. The van der Waals surface area contributed by atoms with Crippen molar-refractivity contribution in [2.75, 3.05) is 0 Å². The van der Waals surface area contributed by atoms with Gasteiger partial charge >= 0.3 is 10.1 Å². The fraction of sp³-hybridized carbons (Fsp3) is 0.174. The van der Waals surface area contributed by atoms with Gasteiger partial charge in [0, 0.05) is 12.0 Å². The van der Waals surface area contributed by atoms with Crippen LogP contribution in [0.3, 0.4) is 0 Å². The van der Waals surface area contributed by atoms with Crippen molar-refractivity contribution in [3.63, 3.8) is 0 Å². The second-order valence-electron chi connectivity index (χ2n) is 6.69. The molecule has 3 aromatic rings. The van der Waals surface area contributed by atoms with Crippen molar-refractivity contribution >= 4 is 16.4 Å². The first-order valence-electron chi connectivity index (χ1n) is 9.14. The largest absolute Gasteiger partial charge is 0.485 e. The van der Waals surface area contributed by atoms with E-state index in [4.69, 9.17) is 8.92 Å². The summed E-state index contributed by atoms with van der Waals surface area (Å²) in [6.45, 7) is 3.87. The van der Waals surface area contributed by atoms with Gasteiger partial charge in [-0.25, -0.2) is 0 Å². The molecule has 0 unspecified atom stereocenters. The van der Waals surface area contributed by atoms with Crippen LogP contribution in [0.5, 0.6) is 11.5 Å². The van der Waals surface area contributed by atoms with Crippen LogP contribution in [0, 0.1) is 13.8 Å². The number of aryl methyl sites for hydroxylation is 2. The van der Waals surface area contributed by atoms with Crippen LogP contribution in [0.1, 0.15) is 22.3 Å². The molecule has 0 aliphatic heterocycles. The van der Waals surface area contributed by atoms with Gasteiger partial charge in [0.15, 0.2) is 11.5 Å². The molecule has 0 aliphatic carbocycles. The molecule has 0 saturated heterocycles. The van der Waals surface area contributed by atoms with Gasteiger partial charge in [-0.15, -0.1) is 0 Å². The quantitative estimate of drug-likeness (QED) is 0.407. The molecule has 0 radical (unpaired) electrons. The average Bonchev–Trinajstić information content (AvgIpc) is 2.70. The van der Waals surface area contributed by atoms with Crippen molar-refractivity contribution < 1.29 is 22.1 Å². The Kier molecular flexibility index (Phi) is 6.34. The highest BCUT2D eigenvalue weighted by atomic mass is 32.2. The van der Waals surface area contributed by atoms with E-state index in [1.165, 1.54) is 6.07 Å². The van der Waals surface area contributed by atoms with E-state index in [9.17, 15) is 13.2 Å². The molecule has 0 fully saturated rings. The molecule has 29 heavy (non-hydrogen) atoms. The van der Waals surface area contributed by atoms with E-state index in [1.807, 2.05) is 50.2 Å². The van der Waals surface area contributed by atoms with E-state index in [0.717, 1.165) is 23.0 Å². The number of hydrogen-bond acceptors (Lipinski definition) is 5. The predicted molar refractivity (Wildman–Crippen MR) is 111 cm³/mol.